The number of hydrogen-bond acceptors (Lipinski definition) is 1. The molecule has 0 aliphatic rings. The van der Waals surface area contributed by atoms with Crippen molar-refractivity contribution in [2.75, 3.05) is 11.9 Å². The molecular formula is C22H20N2. The first-order chi connectivity index (χ1) is 11.8. The summed E-state index contributed by atoms with van der Waals surface area (Å²) >= 11 is 0. The van der Waals surface area contributed by atoms with Gasteiger partial charge in [0.1, 0.15) is 0 Å². The molecule has 24 heavy (non-hydrogen) atoms. The van der Waals surface area contributed by atoms with Crippen molar-refractivity contribution in [3.05, 3.63) is 96.7 Å². The van der Waals surface area contributed by atoms with E-state index in [1.54, 1.807) is 0 Å². The predicted molar refractivity (Wildman–Crippen MR) is 102 cm³/mol. The van der Waals surface area contributed by atoms with Crippen LogP contribution in [0.3, 0.4) is 0 Å². The molecule has 0 atom stereocenters. The molecule has 0 radical (unpaired) electrons. The van der Waals surface area contributed by atoms with Crippen molar-refractivity contribution in [3.8, 4) is 5.69 Å². The fraction of sp³-hybridized carbons (Fsp3) is 0.0909. The Morgan fingerprint density at radius 2 is 1.38 bits per heavy atom. The van der Waals surface area contributed by atoms with Gasteiger partial charge >= 0.3 is 0 Å². The molecule has 2 heteroatoms. The normalized spacial score (nSPS) is 10.9. The second-order valence-electron chi connectivity index (χ2n) is 6.07. The average molecular weight is 312 g/mol. The lowest BCUT2D eigenvalue weighted by Crippen LogP contribution is -2.15. The third-order valence-corrected chi connectivity index (χ3v) is 4.43. The molecule has 3 aromatic carbocycles. The smallest absolute Gasteiger partial charge is 0.0531 e. The van der Waals surface area contributed by atoms with Gasteiger partial charge in [0.2, 0.25) is 0 Å². The van der Waals surface area contributed by atoms with Crippen molar-refractivity contribution in [2.24, 2.45) is 0 Å². The summed E-state index contributed by atoms with van der Waals surface area (Å²) in [7, 11) is 2.14. The van der Waals surface area contributed by atoms with Crippen molar-refractivity contribution in [1.82, 2.24) is 4.57 Å². The van der Waals surface area contributed by atoms with Crippen molar-refractivity contribution < 1.29 is 0 Å². The number of nitrogens with zero attached hydrogens (tertiary/aromatic N) is 2. The van der Waals surface area contributed by atoms with E-state index >= 15 is 0 Å². The van der Waals surface area contributed by atoms with Crippen LogP contribution in [-0.2, 0) is 6.54 Å². The summed E-state index contributed by atoms with van der Waals surface area (Å²) < 4.78 is 2.28. The van der Waals surface area contributed by atoms with Crippen LogP contribution in [0.2, 0.25) is 0 Å². The molecule has 0 unspecified atom stereocenters. The van der Waals surface area contributed by atoms with Crippen molar-refractivity contribution in [2.45, 2.75) is 6.54 Å². The van der Waals surface area contributed by atoms with E-state index in [1.165, 1.54) is 27.8 Å². The minimum absolute atomic E-state index is 0.879. The summed E-state index contributed by atoms with van der Waals surface area (Å²) in [5.41, 5.74) is 5.01. The maximum Gasteiger partial charge on any atom is 0.0531 e. The van der Waals surface area contributed by atoms with E-state index in [2.05, 4.69) is 108 Å². The first-order valence-corrected chi connectivity index (χ1v) is 8.23. The average Bonchev–Trinajstić information content (AvgIpc) is 3.02. The fourth-order valence-corrected chi connectivity index (χ4v) is 3.21. The Balaban J connectivity index is 1.77. The topological polar surface area (TPSA) is 8.17 Å². The second-order valence-corrected chi connectivity index (χ2v) is 6.07. The minimum atomic E-state index is 0.879. The maximum absolute atomic E-state index is 2.29. The minimum Gasteiger partial charge on any atom is -0.370 e. The van der Waals surface area contributed by atoms with Crippen molar-refractivity contribution in [3.63, 3.8) is 0 Å². The van der Waals surface area contributed by atoms with Crippen LogP contribution >= 0.6 is 0 Å². The monoisotopic (exact) mass is 312 g/mol. The van der Waals surface area contributed by atoms with Gasteiger partial charge in [-0.25, -0.2) is 0 Å². The van der Waals surface area contributed by atoms with E-state index < -0.39 is 0 Å². The predicted octanol–water partition coefficient (Wildman–Crippen LogP) is 5.27. The standard InChI is InChI=1S/C22H20N2/c1-23(19-10-4-2-5-11-19)16-18-17-24(20-12-6-3-7-13-20)22-15-9-8-14-21(18)22/h2-15,17H,16H2,1H3. The number of hydrogen-bond donors (Lipinski definition) is 0. The summed E-state index contributed by atoms with van der Waals surface area (Å²) in [4.78, 5) is 2.29. The summed E-state index contributed by atoms with van der Waals surface area (Å²) in [6.45, 7) is 0.879. The van der Waals surface area contributed by atoms with Gasteiger partial charge in [-0.15, -0.1) is 0 Å². The van der Waals surface area contributed by atoms with Crippen molar-refractivity contribution >= 4 is 16.6 Å². The Labute approximate surface area is 142 Å². The van der Waals surface area contributed by atoms with Crippen LogP contribution in [0, 0.1) is 0 Å². The molecule has 0 N–H and O–H groups in total. The van der Waals surface area contributed by atoms with Gasteiger partial charge in [0.05, 0.1) is 5.52 Å². The first kappa shape index (κ1) is 14.6. The molecule has 0 aliphatic carbocycles. The first-order valence-electron chi connectivity index (χ1n) is 8.23. The van der Waals surface area contributed by atoms with Crippen LogP contribution in [0.25, 0.3) is 16.6 Å². The Hall–Kier alpha value is -3.00. The molecule has 0 amide bonds. The molecule has 1 aromatic heterocycles. The molecule has 1 heterocycles. The van der Waals surface area contributed by atoms with Gasteiger partial charge in [0.15, 0.2) is 0 Å². The van der Waals surface area contributed by atoms with E-state index in [4.69, 9.17) is 0 Å². The molecule has 0 bridgehead atoms. The highest BCUT2D eigenvalue weighted by molar-refractivity contribution is 5.86. The maximum atomic E-state index is 2.29. The molecular weight excluding hydrogens is 292 g/mol. The number of rotatable bonds is 4. The lowest BCUT2D eigenvalue weighted by atomic mass is 10.1. The van der Waals surface area contributed by atoms with Gasteiger partial charge < -0.3 is 9.47 Å². The Morgan fingerprint density at radius 1 is 0.750 bits per heavy atom. The zero-order valence-electron chi connectivity index (χ0n) is 13.8. The Morgan fingerprint density at radius 3 is 2.12 bits per heavy atom. The number of fused-ring (bicyclic) bond motifs is 1. The molecule has 2 nitrogen and oxygen atoms in total. The van der Waals surface area contributed by atoms with E-state index in [0.717, 1.165) is 6.54 Å². The quantitative estimate of drug-likeness (QED) is 0.498. The SMILES string of the molecule is CN(Cc1cn(-c2ccccc2)c2ccccc12)c1ccccc1. The highest BCUT2D eigenvalue weighted by Gasteiger charge is 2.11. The lowest BCUT2D eigenvalue weighted by Gasteiger charge is -2.18. The molecule has 0 spiro atoms. The van der Waals surface area contributed by atoms with Gasteiger partial charge in [-0.05, 0) is 35.9 Å². The van der Waals surface area contributed by atoms with E-state index in [-0.39, 0.29) is 0 Å². The van der Waals surface area contributed by atoms with E-state index in [9.17, 15) is 0 Å². The third kappa shape index (κ3) is 2.67. The lowest BCUT2D eigenvalue weighted by molar-refractivity contribution is 0.924. The Kier molecular flexibility index (Phi) is 3.80. The van der Waals surface area contributed by atoms with Crippen LogP contribution in [0.4, 0.5) is 5.69 Å². The fourth-order valence-electron chi connectivity index (χ4n) is 3.21. The van der Waals surface area contributed by atoms with Crippen LogP contribution in [0.1, 0.15) is 5.56 Å². The highest BCUT2D eigenvalue weighted by Crippen LogP contribution is 2.26. The summed E-state index contributed by atoms with van der Waals surface area (Å²) in [6.07, 6.45) is 2.26. The van der Waals surface area contributed by atoms with E-state index in [0.29, 0.717) is 0 Å². The number of benzene rings is 3. The molecule has 0 aliphatic heterocycles. The van der Waals surface area contributed by atoms with E-state index in [1.807, 2.05) is 0 Å². The molecule has 0 fully saturated rings. The Bertz CT molecular complexity index is 940. The highest BCUT2D eigenvalue weighted by atomic mass is 15.1. The summed E-state index contributed by atoms with van der Waals surface area (Å²) in [6, 6.07) is 29.7. The molecule has 118 valence electrons. The van der Waals surface area contributed by atoms with Gasteiger partial charge in [0.25, 0.3) is 0 Å². The van der Waals surface area contributed by atoms with Crippen LogP contribution in [0.5, 0.6) is 0 Å². The molecule has 0 saturated carbocycles. The van der Waals surface area contributed by atoms with Gasteiger partial charge in [-0.1, -0.05) is 54.6 Å². The van der Waals surface area contributed by atoms with Gasteiger partial charge in [0, 0.05) is 36.6 Å². The number of para-hydroxylation sites is 3. The zero-order chi connectivity index (χ0) is 16.4. The summed E-state index contributed by atoms with van der Waals surface area (Å²) in [5.74, 6) is 0. The molecule has 4 rings (SSSR count). The largest absolute Gasteiger partial charge is 0.370 e. The number of aromatic nitrogens is 1. The van der Waals surface area contributed by atoms with Gasteiger partial charge in [-0.3, -0.25) is 0 Å². The second kappa shape index (κ2) is 6.25. The third-order valence-electron chi connectivity index (χ3n) is 4.43. The van der Waals surface area contributed by atoms with Gasteiger partial charge in [-0.2, -0.15) is 0 Å². The van der Waals surface area contributed by atoms with Crippen LogP contribution < -0.4 is 4.90 Å². The van der Waals surface area contributed by atoms with Crippen molar-refractivity contribution in [1.29, 1.82) is 0 Å². The van der Waals surface area contributed by atoms with Crippen LogP contribution in [-0.4, -0.2) is 11.6 Å². The molecule has 4 aromatic rings. The zero-order valence-corrected chi connectivity index (χ0v) is 13.8. The molecule has 0 saturated heterocycles. The van der Waals surface area contributed by atoms with Crippen LogP contribution in [0.15, 0.2) is 91.1 Å². The number of anilines is 1. The summed E-state index contributed by atoms with van der Waals surface area (Å²) in [5, 5.41) is 1.31.